The maximum absolute atomic E-state index is 15.3. The molecule has 2 aromatic rings. The van der Waals surface area contributed by atoms with Gasteiger partial charge in [-0.3, -0.25) is 82.0 Å². The lowest BCUT2D eigenvalue weighted by molar-refractivity contribution is -0.143. The molecule has 616 valence electrons. The Balaban J connectivity index is 1.61. The monoisotopic (exact) mass is 1690 g/mol. The zero-order chi connectivity index (χ0) is 82.6. The van der Waals surface area contributed by atoms with E-state index in [-0.39, 0.29) is 42.9 Å². The van der Waals surface area contributed by atoms with Gasteiger partial charge >= 0.3 is 11.9 Å². The zero-order valence-corrected chi connectivity index (χ0v) is 64.8. The van der Waals surface area contributed by atoms with Gasteiger partial charge in [0.1, 0.15) is 102 Å². The van der Waals surface area contributed by atoms with Gasteiger partial charge in [-0.05, 0) is 68.5 Å². The third-order valence-corrected chi connectivity index (χ3v) is 24.6. The van der Waals surface area contributed by atoms with E-state index in [1.54, 1.807) is 0 Å². The molecule has 4 fully saturated rings. The Morgan fingerprint density at radius 2 is 1.08 bits per heavy atom. The number of nitrogens with zero attached hydrogens (tertiary/aromatic N) is 1. The number of carbonyl (C=O) groups is 17. The Labute approximate surface area is 662 Å². The summed E-state index contributed by atoms with van der Waals surface area (Å²) in [6, 6.07) is -13.4. The van der Waals surface area contributed by atoms with Gasteiger partial charge in [0.15, 0.2) is 5.78 Å². The van der Waals surface area contributed by atoms with Gasteiger partial charge in [0, 0.05) is 60.3 Å². The Morgan fingerprint density at radius 3 is 1.63 bits per heavy atom. The SMILES string of the molecule is C[C@@H]1NC(=O)[C@@H]2CCCN2C(=O)[C@H](CC(N)=O)NC(=O)[C@@H]2CSSC[C@H](NCC(=O)C(O)C(O)C(O)CO)C(=O)N[C@H]3CSSC[C@H](NC1=O)C(=O)N[C@@H]([C@@H](C)O)C(=O)NCC(=O)N[C@H](C(=O)N[C@@H](Cc1ccc(O)cc1)C(=O)O)CSSC[C@H](NC(=O)[C@H](Cc1ccc(O)cc1)NC(=O)[C@H](CCC(=O)O)NC3=O)C(=O)N2. The molecule has 0 spiro atoms. The van der Waals surface area contributed by atoms with Gasteiger partial charge in [0.05, 0.1) is 38.3 Å². The van der Waals surface area contributed by atoms with Crippen LogP contribution in [-0.2, 0) is 94.3 Å². The highest BCUT2D eigenvalue weighted by Crippen LogP contribution is 2.28. The lowest BCUT2D eigenvalue weighted by Crippen LogP contribution is -2.62. The van der Waals surface area contributed by atoms with E-state index >= 15 is 14.4 Å². The molecular weight excluding hydrogens is 1600 g/mol. The standard InChI is InChI=1S/C65H89N15O26S6/c1-28-53(93)75-43-27-112-111-24-40-58(98)71-34(13-14-49(89)90)54(94)72-35(16-30-5-9-32(83)10-6-30)55(95)76-42(26-110-108-23-39(70-48(88)20-68-63(103)50(29(2)82)79-61(43)101)57(97)74-37(65(105)106)17-31-7-11-33(84)12-8-31)60(100)78-41(59(99)73-36(18-47(66)87)64(104)80-15-3-4-44(80)62(102)69-28)25-109-107-22-38(56(96)77-40)67-19-45(85)51(91)52(92)46(86)21-81/h5-12,28-29,34-44,46,50-52,67,81-84,86,91-92H,3-4,13-27H2,1-2H3,(H2,66,87)(H,68,103)(H,69,102)(H,70,88)(H,71,98)(H,72,94)(H,73,99)(H,74,97)(H,75,93)(H,76,95)(H,77,96)(H,78,100)(H,79,101)(H,89,90)(H,105,106)/t28-,29+,34-,35-,36-,37-,38-,39-,40-,41-,42-,43-,44-,46?,50-,51?,52?/m0/s1. The number of amides is 14. The van der Waals surface area contributed by atoms with E-state index in [2.05, 4.69) is 69.1 Å². The van der Waals surface area contributed by atoms with Crippen molar-refractivity contribution in [2.24, 2.45) is 5.73 Å². The van der Waals surface area contributed by atoms with Crippen molar-refractivity contribution < 1.29 is 127 Å². The fourth-order valence-electron chi connectivity index (χ4n) is 11.0. The Kier molecular flexibility index (Phi) is 37.0. The highest BCUT2D eigenvalue weighted by Gasteiger charge is 2.43. The molecule has 0 saturated carbocycles. The second kappa shape index (κ2) is 45.1. The number of phenols is 2. The summed E-state index contributed by atoms with van der Waals surface area (Å²) in [5, 5.41) is 124. The number of benzene rings is 2. The minimum atomic E-state index is -2.41. The number of aromatic hydroxyl groups is 2. The van der Waals surface area contributed by atoms with Gasteiger partial charge in [-0.25, -0.2) is 4.79 Å². The highest BCUT2D eigenvalue weighted by molar-refractivity contribution is 8.77. The van der Waals surface area contributed by atoms with Crippen molar-refractivity contribution in [3.05, 3.63) is 59.7 Å². The average molecular weight is 1690 g/mol. The highest BCUT2D eigenvalue weighted by atomic mass is 33.1. The van der Waals surface area contributed by atoms with Gasteiger partial charge in [0.25, 0.3) is 0 Å². The van der Waals surface area contributed by atoms with E-state index in [0.717, 1.165) is 11.8 Å². The van der Waals surface area contributed by atoms with Crippen LogP contribution < -0.4 is 74.9 Å². The number of fused-ring (bicyclic) bond motifs is 20. The third kappa shape index (κ3) is 28.9. The first-order valence-electron chi connectivity index (χ1n) is 34.6. The number of phenolic OH excluding ortho intramolecular Hbond substituents is 2. The molecule has 41 nitrogen and oxygen atoms in total. The molecule has 4 bridgehead atoms. The molecule has 0 aromatic heterocycles. The molecular formula is C65H89N15O26S6. The summed E-state index contributed by atoms with van der Waals surface area (Å²) in [6.07, 6.45) is -12.0. The largest absolute Gasteiger partial charge is 0.508 e. The van der Waals surface area contributed by atoms with E-state index in [9.17, 15) is 113 Å². The van der Waals surface area contributed by atoms with Crippen molar-refractivity contribution >= 4 is 165 Å². The number of carbonyl (C=O) groups excluding carboxylic acids is 15. The fourth-order valence-corrected chi connectivity index (χ4v) is 18.0. The molecule has 4 saturated heterocycles. The van der Waals surface area contributed by atoms with Crippen LogP contribution in [0.25, 0.3) is 0 Å². The van der Waals surface area contributed by atoms with Gasteiger partial charge in [-0.2, -0.15) is 0 Å². The number of carboxylic acid groups (broad SMARTS) is 2. The van der Waals surface area contributed by atoms with Gasteiger partial charge < -0.3 is 120 Å². The van der Waals surface area contributed by atoms with Crippen molar-refractivity contribution in [2.75, 3.05) is 60.8 Å². The lowest BCUT2D eigenvalue weighted by Gasteiger charge is -2.30. The smallest absolute Gasteiger partial charge is 0.326 e. The van der Waals surface area contributed by atoms with Crippen LogP contribution in [-0.4, -0.2) is 315 Å². The lowest BCUT2D eigenvalue weighted by atomic mass is 10.0. The first-order valence-corrected chi connectivity index (χ1v) is 42.0. The summed E-state index contributed by atoms with van der Waals surface area (Å²) in [6.45, 7) is -1.16. The Hall–Kier alpha value is -8.91. The van der Waals surface area contributed by atoms with Crippen molar-refractivity contribution in [3.8, 4) is 11.5 Å². The quantitative estimate of drug-likeness (QED) is 0.0432. The van der Waals surface area contributed by atoms with Gasteiger partial charge in [0.2, 0.25) is 82.7 Å². The number of Topliss-reactive ketones (excluding diaryl/α,β-unsaturated/α-hetero) is 1. The van der Waals surface area contributed by atoms with Crippen LogP contribution in [0.5, 0.6) is 11.5 Å². The molecule has 3 unspecified atom stereocenters. The molecule has 4 aliphatic heterocycles. The third-order valence-electron chi connectivity index (χ3n) is 17.3. The number of nitrogens with two attached hydrogens (primary N) is 1. The van der Waals surface area contributed by atoms with E-state index in [0.29, 0.717) is 70.3 Å². The van der Waals surface area contributed by atoms with Crippen molar-refractivity contribution in [3.63, 3.8) is 0 Å². The predicted octanol–water partition coefficient (Wildman–Crippen LogP) is -8.66. The topological polar surface area (TPSA) is 658 Å². The Morgan fingerprint density at radius 1 is 0.580 bits per heavy atom. The van der Waals surface area contributed by atoms with Crippen molar-refractivity contribution in [1.29, 1.82) is 0 Å². The molecule has 24 N–H and O–H groups in total. The van der Waals surface area contributed by atoms with Crippen molar-refractivity contribution in [1.82, 2.24) is 74.0 Å². The van der Waals surface area contributed by atoms with E-state index in [1.165, 1.54) is 55.5 Å². The molecule has 47 heteroatoms. The molecule has 112 heavy (non-hydrogen) atoms. The van der Waals surface area contributed by atoms with Crippen LogP contribution in [0.1, 0.15) is 57.1 Å². The summed E-state index contributed by atoms with van der Waals surface area (Å²) in [7, 11) is 4.12. The van der Waals surface area contributed by atoms with Crippen LogP contribution >= 0.6 is 64.8 Å². The van der Waals surface area contributed by atoms with Crippen LogP contribution in [0.3, 0.4) is 0 Å². The molecule has 6 rings (SSSR count). The molecule has 17 atom stereocenters. The summed E-state index contributed by atoms with van der Waals surface area (Å²) < 4.78 is 0. The van der Waals surface area contributed by atoms with Crippen LogP contribution in [0.15, 0.2) is 48.5 Å². The first-order chi connectivity index (χ1) is 53.0. The van der Waals surface area contributed by atoms with E-state index in [1.807, 2.05) is 0 Å². The molecule has 0 aliphatic carbocycles. The fraction of sp³-hybridized carbons (Fsp3) is 0.554. The molecule has 14 amide bonds. The van der Waals surface area contributed by atoms with E-state index in [4.69, 9.17) is 5.73 Å². The second-order valence-corrected chi connectivity index (χ2v) is 33.6. The first kappa shape index (κ1) is 92.0. The summed E-state index contributed by atoms with van der Waals surface area (Å²) in [5.74, 6) is -25.1. The normalized spacial score (nSPS) is 26.7. The average Bonchev–Trinajstić information content (AvgIpc) is 1.63. The minimum absolute atomic E-state index is 0.0677. The van der Waals surface area contributed by atoms with Gasteiger partial charge in [-0.1, -0.05) is 89.0 Å². The number of aliphatic carboxylic acids is 2. The number of rotatable bonds is 20. The predicted molar refractivity (Wildman–Crippen MR) is 405 cm³/mol. The number of aliphatic hydroxyl groups is 5. The molecule has 4 heterocycles. The minimum Gasteiger partial charge on any atom is -0.508 e. The second-order valence-electron chi connectivity index (χ2n) is 25.9. The number of primary amides is 1. The van der Waals surface area contributed by atoms with Crippen molar-refractivity contribution in [2.45, 2.75) is 162 Å². The number of aliphatic hydroxyl groups excluding tert-OH is 5. The summed E-state index contributed by atoms with van der Waals surface area (Å²) >= 11 is 0. The van der Waals surface area contributed by atoms with E-state index < -0.39 is 283 Å². The number of carboxylic acids is 2. The zero-order valence-electron chi connectivity index (χ0n) is 59.9. The van der Waals surface area contributed by atoms with Gasteiger partial charge in [-0.15, -0.1) is 0 Å². The Bertz CT molecular complexity index is 3750. The molecule has 2 aromatic carbocycles. The number of ketones is 1. The maximum Gasteiger partial charge on any atom is 0.326 e. The number of nitrogens with one attached hydrogen (secondary N) is 13. The molecule has 0 radical (unpaired) electrons. The maximum atomic E-state index is 15.3. The summed E-state index contributed by atoms with van der Waals surface area (Å²) in [4.78, 5) is 243. The van der Waals surface area contributed by atoms with Crippen LogP contribution in [0.4, 0.5) is 0 Å². The van der Waals surface area contributed by atoms with Crippen LogP contribution in [0, 0.1) is 0 Å². The van der Waals surface area contributed by atoms with Crippen LogP contribution in [0.2, 0.25) is 0 Å². The molecule has 4 aliphatic rings. The number of hydrogen-bond donors (Lipinski definition) is 23. The summed E-state index contributed by atoms with van der Waals surface area (Å²) in [5.41, 5.74) is 6.19. The number of hydrogen-bond acceptors (Lipinski definition) is 31.